The molecule has 3 nitrogen and oxygen atoms in total. The Morgan fingerprint density at radius 2 is 1.56 bits per heavy atom. The van der Waals surface area contributed by atoms with E-state index in [-0.39, 0.29) is 5.71 Å². The second-order valence-corrected chi connectivity index (χ2v) is 5.10. The predicted molar refractivity (Wildman–Crippen MR) is 75.0 cm³/mol. The van der Waals surface area contributed by atoms with Crippen LogP contribution in [0.25, 0.3) is 0 Å². The second-order valence-electron chi connectivity index (χ2n) is 5.10. The minimum atomic E-state index is -0.969. The van der Waals surface area contributed by atoms with Crippen molar-refractivity contribution in [2.24, 2.45) is 4.99 Å². The Labute approximate surface area is 109 Å². The van der Waals surface area contributed by atoms with Gasteiger partial charge in [0.1, 0.15) is 5.71 Å². The molecular formula is C15H21NO2. The normalized spacial score (nSPS) is 12.3. The molecule has 0 aliphatic heterocycles. The van der Waals surface area contributed by atoms with Gasteiger partial charge in [-0.25, -0.2) is 9.79 Å². The van der Waals surface area contributed by atoms with E-state index in [2.05, 4.69) is 32.7 Å². The SMILES string of the molecule is C/C(=N\c1c(C(C)C)cccc1C(C)C)C(=O)O. The van der Waals surface area contributed by atoms with Gasteiger partial charge in [-0.15, -0.1) is 0 Å². The largest absolute Gasteiger partial charge is 0.477 e. The van der Waals surface area contributed by atoms with Gasteiger partial charge in [-0.3, -0.25) is 0 Å². The zero-order valence-corrected chi connectivity index (χ0v) is 11.7. The molecule has 0 atom stereocenters. The van der Waals surface area contributed by atoms with Gasteiger partial charge >= 0.3 is 5.97 Å². The van der Waals surface area contributed by atoms with E-state index in [0.717, 1.165) is 16.8 Å². The number of rotatable bonds is 4. The molecule has 0 aliphatic carbocycles. The van der Waals surface area contributed by atoms with Crippen LogP contribution in [0.1, 0.15) is 57.6 Å². The fourth-order valence-electron chi connectivity index (χ4n) is 1.86. The molecule has 0 spiro atoms. The van der Waals surface area contributed by atoms with Crippen LogP contribution in [0.5, 0.6) is 0 Å². The highest BCUT2D eigenvalue weighted by molar-refractivity contribution is 6.35. The molecule has 0 unspecified atom stereocenters. The van der Waals surface area contributed by atoms with Gasteiger partial charge in [0, 0.05) is 0 Å². The van der Waals surface area contributed by atoms with Crippen molar-refractivity contribution in [3.8, 4) is 0 Å². The average molecular weight is 247 g/mol. The van der Waals surface area contributed by atoms with Crippen molar-refractivity contribution in [2.45, 2.75) is 46.5 Å². The summed E-state index contributed by atoms with van der Waals surface area (Å²) in [6, 6.07) is 6.05. The Hall–Kier alpha value is -1.64. The van der Waals surface area contributed by atoms with Gasteiger partial charge in [-0.1, -0.05) is 45.9 Å². The molecular weight excluding hydrogens is 226 g/mol. The lowest BCUT2D eigenvalue weighted by atomic mass is 9.93. The minimum Gasteiger partial charge on any atom is -0.477 e. The van der Waals surface area contributed by atoms with E-state index in [4.69, 9.17) is 5.11 Å². The molecule has 0 saturated carbocycles. The van der Waals surface area contributed by atoms with E-state index in [1.54, 1.807) is 0 Å². The number of carboxylic acids is 1. The first-order valence-corrected chi connectivity index (χ1v) is 6.26. The summed E-state index contributed by atoms with van der Waals surface area (Å²) in [6.45, 7) is 9.90. The summed E-state index contributed by atoms with van der Waals surface area (Å²) in [5, 5.41) is 8.97. The number of aliphatic carboxylic acids is 1. The van der Waals surface area contributed by atoms with Crippen molar-refractivity contribution in [1.82, 2.24) is 0 Å². The molecule has 0 bridgehead atoms. The number of benzene rings is 1. The number of aliphatic imine (C=N–C) groups is 1. The first kappa shape index (κ1) is 14.4. The van der Waals surface area contributed by atoms with Gasteiger partial charge in [-0.05, 0) is 29.9 Å². The number of nitrogens with zero attached hydrogens (tertiary/aromatic N) is 1. The van der Waals surface area contributed by atoms with Crippen molar-refractivity contribution in [1.29, 1.82) is 0 Å². The summed E-state index contributed by atoms with van der Waals surface area (Å²) in [7, 11) is 0. The Kier molecular flexibility index (Phi) is 4.65. The van der Waals surface area contributed by atoms with Crippen LogP contribution in [0.4, 0.5) is 5.69 Å². The van der Waals surface area contributed by atoms with Crippen LogP contribution in [-0.4, -0.2) is 16.8 Å². The number of para-hydroxylation sites is 1. The molecule has 1 aromatic carbocycles. The van der Waals surface area contributed by atoms with E-state index < -0.39 is 5.97 Å². The molecule has 1 N–H and O–H groups in total. The van der Waals surface area contributed by atoms with Crippen LogP contribution >= 0.6 is 0 Å². The zero-order chi connectivity index (χ0) is 13.9. The maximum atomic E-state index is 10.9. The van der Waals surface area contributed by atoms with E-state index in [9.17, 15) is 4.79 Å². The molecule has 3 heteroatoms. The molecule has 1 rings (SSSR count). The van der Waals surface area contributed by atoms with Crippen LogP contribution in [-0.2, 0) is 4.79 Å². The van der Waals surface area contributed by atoms with Crippen LogP contribution in [0.2, 0.25) is 0 Å². The fourth-order valence-corrected chi connectivity index (χ4v) is 1.86. The first-order valence-electron chi connectivity index (χ1n) is 6.26. The van der Waals surface area contributed by atoms with Crippen LogP contribution in [0, 0.1) is 0 Å². The maximum absolute atomic E-state index is 10.9. The number of hydrogen-bond donors (Lipinski definition) is 1. The van der Waals surface area contributed by atoms with Crippen molar-refractivity contribution in [2.75, 3.05) is 0 Å². The standard InChI is InChI=1S/C15H21NO2/c1-9(2)12-7-6-8-13(10(3)4)14(12)16-11(5)15(17)18/h6-10H,1-5H3,(H,17,18)/b16-11+. The van der Waals surface area contributed by atoms with Crippen molar-refractivity contribution < 1.29 is 9.90 Å². The van der Waals surface area contributed by atoms with E-state index in [0.29, 0.717) is 11.8 Å². The van der Waals surface area contributed by atoms with Crippen LogP contribution in [0.3, 0.4) is 0 Å². The Balaban J connectivity index is 3.45. The Morgan fingerprint density at radius 1 is 1.11 bits per heavy atom. The van der Waals surface area contributed by atoms with E-state index in [1.165, 1.54) is 6.92 Å². The number of carbonyl (C=O) groups is 1. The fraction of sp³-hybridized carbons (Fsp3) is 0.467. The molecule has 1 aromatic rings. The van der Waals surface area contributed by atoms with Crippen molar-refractivity contribution >= 4 is 17.4 Å². The summed E-state index contributed by atoms with van der Waals surface area (Å²) in [5.41, 5.74) is 3.15. The molecule has 98 valence electrons. The minimum absolute atomic E-state index is 0.130. The smallest absolute Gasteiger partial charge is 0.349 e. The van der Waals surface area contributed by atoms with E-state index >= 15 is 0 Å². The second kappa shape index (κ2) is 5.80. The molecule has 18 heavy (non-hydrogen) atoms. The molecule has 0 aromatic heterocycles. The van der Waals surface area contributed by atoms with Gasteiger partial charge in [-0.2, -0.15) is 0 Å². The van der Waals surface area contributed by atoms with Crippen LogP contribution in [0.15, 0.2) is 23.2 Å². The molecule has 0 fully saturated rings. The number of carboxylic acid groups (broad SMARTS) is 1. The first-order chi connectivity index (χ1) is 8.34. The third-order valence-electron chi connectivity index (χ3n) is 2.93. The molecule has 0 heterocycles. The molecule has 0 saturated heterocycles. The van der Waals surface area contributed by atoms with Gasteiger partial charge < -0.3 is 5.11 Å². The maximum Gasteiger partial charge on any atom is 0.349 e. The summed E-state index contributed by atoms with van der Waals surface area (Å²) in [5.74, 6) is -0.323. The van der Waals surface area contributed by atoms with Gasteiger partial charge in [0.15, 0.2) is 0 Å². The number of hydrogen-bond acceptors (Lipinski definition) is 2. The third kappa shape index (κ3) is 3.19. The van der Waals surface area contributed by atoms with Gasteiger partial charge in [0.2, 0.25) is 0 Å². The summed E-state index contributed by atoms with van der Waals surface area (Å²) < 4.78 is 0. The Bertz CT molecular complexity index is 447. The lowest BCUT2D eigenvalue weighted by Crippen LogP contribution is -2.08. The molecule has 0 aliphatic rings. The van der Waals surface area contributed by atoms with Crippen LogP contribution < -0.4 is 0 Å². The topological polar surface area (TPSA) is 49.7 Å². The summed E-state index contributed by atoms with van der Waals surface area (Å²) in [4.78, 5) is 15.3. The summed E-state index contributed by atoms with van der Waals surface area (Å²) >= 11 is 0. The highest BCUT2D eigenvalue weighted by Crippen LogP contribution is 2.34. The summed E-state index contributed by atoms with van der Waals surface area (Å²) in [6.07, 6.45) is 0. The third-order valence-corrected chi connectivity index (χ3v) is 2.93. The van der Waals surface area contributed by atoms with Gasteiger partial charge in [0.25, 0.3) is 0 Å². The average Bonchev–Trinajstić information content (AvgIpc) is 2.28. The van der Waals surface area contributed by atoms with Crippen molar-refractivity contribution in [3.63, 3.8) is 0 Å². The Morgan fingerprint density at radius 3 is 1.89 bits per heavy atom. The molecule has 0 amide bonds. The van der Waals surface area contributed by atoms with Gasteiger partial charge in [0.05, 0.1) is 5.69 Å². The quantitative estimate of drug-likeness (QED) is 0.814. The molecule has 0 radical (unpaired) electrons. The zero-order valence-electron chi connectivity index (χ0n) is 11.7. The lowest BCUT2D eigenvalue weighted by Gasteiger charge is -2.16. The van der Waals surface area contributed by atoms with E-state index in [1.807, 2.05) is 18.2 Å². The lowest BCUT2D eigenvalue weighted by molar-refractivity contribution is -0.129. The monoisotopic (exact) mass is 247 g/mol. The van der Waals surface area contributed by atoms with Crippen molar-refractivity contribution in [3.05, 3.63) is 29.3 Å². The predicted octanol–water partition coefficient (Wildman–Crippen LogP) is 4.11. The highest BCUT2D eigenvalue weighted by Gasteiger charge is 2.14. The highest BCUT2D eigenvalue weighted by atomic mass is 16.4.